The minimum atomic E-state index is -0.490. The molecular formula is C27H35N3O2. The summed E-state index contributed by atoms with van der Waals surface area (Å²) >= 11 is 0. The van der Waals surface area contributed by atoms with Crippen molar-refractivity contribution in [3.63, 3.8) is 0 Å². The number of rotatable bonds is 6. The van der Waals surface area contributed by atoms with Crippen LogP contribution in [0.15, 0.2) is 48.5 Å². The summed E-state index contributed by atoms with van der Waals surface area (Å²) in [6.07, 6.45) is 5.43. The highest BCUT2D eigenvalue weighted by Gasteiger charge is 2.28. The molecule has 1 saturated carbocycles. The van der Waals surface area contributed by atoms with Crippen molar-refractivity contribution in [3.8, 4) is 0 Å². The Bertz CT molecular complexity index is 953. The van der Waals surface area contributed by atoms with Crippen LogP contribution in [0.1, 0.15) is 62.4 Å². The molecule has 1 aliphatic carbocycles. The summed E-state index contributed by atoms with van der Waals surface area (Å²) in [6.45, 7) is 7.54. The van der Waals surface area contributed by atoms with Crippen molar-refractivity contribution in [2.24, 2.45) is 11.3 Å². The lowest BCUT2D eigenvalue weighted by molar-refractivity contribution is -0.123. The Labute approximate surface area is 191 Å². The molecule has 1 saturated heterocycles. The Morgan fingerprint density at radius 1 is 0.969 bits per heavy atom. The van der Waals surface area contributed by atoms with Gasteiger partial charge in [-0.15, -0.1) is 0 Å². The molecule has 170 valence electrons. The maximum Gasteiger partial charge on any atom is 0.253 e. The highest BCUT2D eigenvalue weighted by molar-refractivity contribution is 6.02. The van der Waals surface area contributed by atoms with Gasteiger partial charge in [-0.05, 0) is 61.8 Å². The first-order valence-electron chi connectivity index (χ1n) is 11.8. The average molecular weight is 434 g/mol. The van der Waals surface area contributed by atoms with Gasteiger partial charge in [-0.25, -0.2) is 0 Å². The van der Waals surface area contributed by atoms with Gasteiger partial charge in [-0.1, -0.05) is 51.1 Å². The predicted octanol–water partition coefficient (Wildman–Crippen LogP) is 5.02. The number of nitrogens with zero attached hydrogens (tertiary/aromatic N) is 1. The zero-order valence-electron chi connectivity index (χ0n) is 19.5. The highest BCUT2D eigenvalue weighted by Crippen LogP contribution is 2.31. The van der Waals surface area contributed by atoms with Crippen molar-refractivity contribution in [1.29, 1.82) is 0 Å². The molecule has 5 heteroatoms. The highest BCUT2D eigenvalue weighted by atomic mass is 16.2. The summed E-state index contributed by atoms with van der Waals surface area (Å²) in [5.41, 5.74) is 3.21. The van der Waals surface area contributed by atoms with Gasteiger partial charge in [-0.3, -0.25) is 9.59 Å². The van der Waals surface area contributed by atoms with E-state index in [1.54, 1.807) is 0 Å². The predicted molar refractivity (Wildman–Crippen MR) is 130 cm³/mol. The van der Waals surface area contributed by atoms with Gasteiger partial charge in [0, 0.05) is 35.9 Å². The molecule has 2 N–H and O–H groups in total. The fraction of sp³-hybridized carbons (Fsp3) is 0.481. The molecular weight excluding hydrogens is 398 g/mol. The fourth-order valence-corrected chi connectivity index (χ4v) is 4.21. The van der Waals surface area contributed by atoms with Crippen molar-refractivity contribution < 1.29 is 9.59 Å². The molecule has 32 heavy (non-hydrogen) atoms. The SMILES string of the molecule is CC(C)(C)C(=O)Nc1ccc(N2CCC(Cc3ccccc3)CC2)c(C(=O)NC2CC2)c1. The van der Waals surface area contributed by atoms with Crippen molar-refractivity contribution in [1.82, 2.24) is 5.32 Å². The number of carbonyl (C=O) groups is 2. The van der Waals surface area contributed by atoms with Crippen LogP contribution in [0.3, 0.4) is 0 Å². The van der Waals surface area contributed by atoms with Crippen LogP contribution in [-0.2, 0) is 11.2 Å². The molecule has 0 aromatic heterocycles. The average Bonchev–Trinajstić information content (AvgIpc) is 3.58. The molecule has 2 fully saturated rings. The molecule has 0 unspecified atom stereocenters. The topological polar surface area (TPSA) is 61.4 Å². The standard InChI is InChI=1S/C27H35N3O2/c1-27(2,3)26(32)29-22-11-12-24(23(18-22)25(31)28-21-9-10-21)30-15-13-20(14-16-30)17-19-7-5-4-6-8-19/h4-8,11-12,18,20-21H,9-10,13-17H2,1-3H3,(H,28,31)(H,29,32). The second kappa shape index (κ2) is 9.35. The lowest BCUT2D eigenvalue weighted by atomic mass is 9.89. The van der Waals surface area contributed by atoms with Gasteiger partial charge in [0.05, 0.1) is 5.56 Å². The van der Waals surface area contributed by atoms with Crippen LogP contribution < -0.4 is 15.5 Å². The lowest BCUT2D eigenvalue weighted by Gasteiger charge is -2.35. The van der Waals surface area contributed by atoms with E-state index in [2.05, 4.69) is 45.9 Å². The van der Waals surface area contributed by atoms with Gasteiger partial charge in [0.15, 0.2) is 0 Å². The van der Waals surface area contributed by atoms with Gasteiger partial charge in [0.25, 0.3) is 5.91 Å². The third-order valence-electron chi connectivity index (χ3n) is 6.42. The summed E-state index contributed by atoms with van der Waals surface area (Å²) in [4.78, 5) is 27.8. The fourth-order valence-electron chi connectivity index (χ4n) is 4.21. The van der Waals surface area contributed by atoms with E-state index >= 15 is 0 Å². The molecule has 0 radical (unpaired) electrons. The molecule has 0 atom stereocenters. The molecule has 4 rings (SSSR count). The summed E-state index contributed by atoms with van der Waals surface area (Å²) < 4.78 is 0. The molecule has 0 spiro atoms. The first-order chi connectivity index (χ1) is 15.3. The monoisotopic (exact) mass is 433 g/mol. The zero-order chi connectivity index (χ0) is 22.7. The van der Waals surface area contributed by atoms with Gasteiger partial charge in [-0.2, -0.15) is 0 Å². The van der Waals surface area contributed by atoms with Gasteiger partial charge >= 0.3 is 0 Å². The number of carbonyl (C=O) groups excluding carboxylic acids is 2. The van der Waals surface area contributed by atoms with E-state index in [1.165, 1.54) is 5.56 Å². The van der Waals surface area contributed by atoms with E-state index in [-0.39, 0.29) is 11.8 Å². The van der Waals surface area contributed by atoms with Crippen molar-refractivity contribution in [2.45, 2.75) is 58.9 Å². The minimum Gasteiger partial charge on any atom is -0.371 e. The first kappa shape index (κ1) is 22.4. The third kappa shape index (κ3) is 5.70. The second-order valence-electron chi connectivity index (χ2n) is 10.3. The van der Waals surface area contributed by atoms with E-state index < -0.39 is 5.41 Å². The van der Waals surface area contributed by atoms with E-state index in [4.69, 9.17) is 0 Å². The molecule has 0 bridgehead atoms. The normalized spacial score (nSPS) is 17.2. The number of amides is 2. The Kier molecular flexibility index (Phi) is 6.54. The summed E-state index contributed by atoms with van der Waals surface area (Å²) in [5, 5.41) is 6.10. The summed E-state index contributed by atoms with van der Waals surface area (Å²) in [7, 11) is 0. The first-order valence-corrected chi connectivity index (χ1v) is 11.8. The summed E-state index contributed by atoms with van der Waals surface area (Å²) in [6, 6.07) is 16.7. The Balaban J connectivity index is 1.48. The maximum atomic E-state index is 13.0. The van der Waals surface area contributed by atoms with E-state index in [0.29, 0.717) is 23.2 Å². The Morgan fingerprint density at radius 2 is 1.66 bits per heavy atom. The number of benzene rings is 2. The Morgan fingerprint density at radius 3 is 2.28 bits per heavy atom. The largest absolute Gasteiger partial charge is 0.371 e. The third-order valence-corrected chi connectivity index (χ3v) is 6.42. The lowest BCUT2D eigenvalue weighted by Crippen LogP contribution is -2.36. The minimum absolute atomic E-state index is 0.0410. The van der Waals surface area contributed by atoms with Crippen LogP contribution in [0.25, 0.3) is 0 Å². The van der Waals surface area contributed by atoms with Crippen LogP contribution in [-0.4, -0.2) is 30.9 Å². The summed E-state index contributed by atoms with van der Waals surface area (Å²) in [5.74, 6) is 0.573. The van der Waals surface area contributed by atoms with E-state index in [0.717, 1.165) is 50.9 Å². The van der Waals surface area contributed by atoms with Crippen LogP contribution in [0.2, 0.25) is 0 Å². The molecule has 2 aromatic carbocycles. The number of hydrogen-bond donors (Lipinski definition) is 2. The number of anilines is 2. The number of nitrogens with one attached hydrogen (secondary N) is 2. The molecule has 1 heterocycles. The van der Waals surface area contributed by atoms with Crippen LogP contribution in [0.5, 0.6) is 0 Å². The van der Waals surface area contributed by atoms with Gasteiger partial charge < -0.3 is 15.5 Å². The second-order valence-corrected chi connectivity index (χ2v) is 10.3. The van der Waals surface area contributed by atoms with E-state index in [1.807, 2.05) is 39.0 Å². The van der Waals surface area contributed by atoms with Gasteiger partial charge in [0.2, 0.25) is 5.91 Å². The number of piperidine rings is 1. The van der Waals surface area contributed by atoms with Crippen LogP contribution in [0.4, 0.5) is 11.4 Å². The maximum absolute atomic E-state index is 13.0. The van der Waals surface area contributed by atoms with Gasteiger partial charge in [0.1, 0.15) is 0 Å². The Hall–Kier alpha value is -2.82. The quantitative estimate of drug-likeness (QED) is 0.672. The van der Waals surface area contributed by atoms with E-state index in [9.17, 15) is 9.59 Å². The molecule has 1 aliphatic heterocycles. The smallest absolute Gasteiger partial charge is 0.253 e. The number of hydrogen-bond acceptors (Lipinski definition) is 3. The molecule has 2 aromatic rings. The van der Waals surface area contributed by atoms with Crippen LogP contribution in [0, 0.1) is 11.3 Å². The van der Waals surface area contributed by atoms with Crippen molar-refractivity contribution in [3.05, 3.63) is 59.7 Å². The van der Waals surface area contributed by atoms with Crippen molar-refractivity contribution >= 4 is 23.2 Å². The molecule has 2 amide bonds. The van der Waals surface area contributed by atoms with Crippen molar-refractivity contribution in [2.75, 3.05) is 23.3 Å². The molecule has 2 aliphatic rings. The molecule has 5 nitrogen and oxygen atoms in total. The zero-order valence-corrected chi connectivity index (χ0v) is 19.5. The van der Waals surface area contributed by atoms with Crippen LogP contribution >= 0.6 is 0 Å².